The van der Waals surface area contributed by atoms with Crippen LogP contribution in [0.2, 0.25) is 0 Å². The van der Waals surface area contributed by atoms with Crippen molar-refractivity contribution in [1.82, 2.24) is 9.97 Å². The van der Waals surface area contributed by atoms with Crippen LogP contribution in [0.15, 0.2) is 26.4 Å². The zero-order valence-electron chi connectivity index (χ0n) is 8.90. The van der Waals surface area contributed by atoms with Gasteiger partial charge in [-0.2, -0.15) is 0 Å². The van der Waals surface area contributed by atoms with Crippen molar-refractivity contribution < 1.29 is 4.42 Å². The molecule has 0 aliphatic heterocycles. The highest BCUT2D eigenvalue weighted by atomic mass is 79.9. The van der Waals surface area contributed by atoms with E-state index in [4.69, 9.17) is 10.2 Å². The van der Waals surface area contributed by atoms with Gasteiger partial charge in [0.1, 0.15) is 16.4 Å². The lowest BCUT2D eigenvalue weighted by Gasteiger charge is -1.99. The predicted molar refractivity (Wildman–Crippen MR) is 72.0 cm³/mol. The summed E-state index contributed by atoms with van der Waals surface area (Å²) in [6, 6.07) is 5.65. The Morgan fingerprint density at radius 3 is 2.88 bits per heavy atom. The van der Waals surface area contributed by atoms with Crippen molar-refractivity contribution in [3.63, 3.8) is 0 Å². The molecule has 0 aliphatic rings. The first-order chi connectivity index (χ1) is 8.13. The maximum atomic E-state index is 5.91. The highest BCUT2D eigenvalue weighted by Gasteiger charge is 2.12. The minimum absolute atomic E-state index is 0.473. The Morgan fingerprint density at radius 1 is 1.35 bits per heavy atom. The normalized spacial score (nSPS) is 11.2. The molecule has 17 heavy (non-hydrogen) atoms. The van der Waals surface area contributed by atoms with Gasteiger partial charge in [0.15, 0.2) is 11.6 Å². The molecule has 0 bridgehead atoms. The number of aryl methyl sites for hydroxylation is 1. The lowest BCUT2D eigenvalue weighted by atomic mass is 10.3. The van der Waals surface area contributed by atoms with Crippen LogP contribution in [0.25, 0.3) is 21.8 Å². The molecule has 0 amide bonds. The summed E-state index contributed by atoms with van der Waals surface area (Å²) in [6.45, 7) is 1.88. The average molecular weight is 310 g/mol. The number of hydrogen-bond acceptors (Lipinski definition) is 5. The second-order valence-electron chi connectivity index (χ2n) is 3.61. The SMILES string of the molecule is Cc1ccc(-c2nc(N)c3cc(Br)sc3n2)o1. The molecule has 2 N–H and O–H groups in total. The van der Waals surface area contributed by atoms with Crippen LogP contribution in [0, 0.1) is 6.92 Å². The summed E-state index contributed by atoms with van der Waals surface area (Å²) in [7, 11) is 0. The van der Waals surface area contributed by atoms with Crippen LogP contribution in [0.5, 0.6) is 0 Å². The van der Waals surface area contributed by atoms with E-state index in [0.717, 1.165) is 19.8 Å². The van der Waals surface area contributed by atoms with Crippen LogP contribution in [0.3, 0.4) is 0 Å². The van der Waals surface area contributed by atoms with Crippen molar-refractivity contribution in [2.75, 3.05) is 5.73 Å². The van der Waals surface area contributed by atoms with Crippen molar-refractivity contribution in [2.45, 2.75) is 6.92 Å². The lowest BCUT2D eigenvalue weighted by molar-refractivity contribution is 0.544. The van der Waals surface area contributed by atoms with E-state index in [1.807, 2.05) is 25.1 Å². The average Bonchev–Trinajstić information content (AvgIpc) is 2.83. The summed E-state index contributed by atoms with van der Waals surface area (Å²) in [5, 5.41) is 0.869. The van der Waals surface area contributed by atoms with Crippen LogP contribution in [0.1, 0.15) is 5.76 Å². The maximum absolute atomic E-state index is 5.91. The first-order valence-corrected chi connectivity index (χ1v) is 6.54. The molecule has 3 rings (SSSR count). The van der Waals surface area contributed by atoms with E-state index in [1.165, 1.54) is 11.3 Å². The Morgan fingerprint density at radius 2 is 2.18 bits per heavy atom. The van der Waals surface area contributed by atoms with Crippen molar-refractivity contribution in [3.05, 3.63) is 27.7 Å². The van der Waals surface area contributed by atoms with E-state index >= 15 is 0 Å². The molecular formula is C11H8BrN3OS. The third-order valence-electron chi connectivity index (χ3n) is 2.35. The topological polar surface area (TPSA) is 64.9 Å². The number of anilines is 1. The molecule has 3 heterocycles. The van der Waals surface area contributed by atoms with Crippen LogP contribution in [0.4, 0.5) is 5.82 Å². The summed E-state index contributed by atoms with van der Waals surface area (Å²) in [6.07, 6.45) is 0. The number of halogens is 1. The molecule has 0 aromatic carbocycles. The molecule has 0 spiro atoms. The van der Waals surface area contributed by atoms with Crippen molar-refractivity contribution in [1.29, 1.82) is 0 Å². The van der Waals surface area contributed by atoms with Gasteiger partial charge in [0, 0.05) is 0 Å². The van der Waals surface area contributed by atoms with Crippen molar-refractivity contribution in [3.8, 4) is 11.6 Å². The van der Waals surface area contributed by atoms with E-state index in [2.05, 4.69) is 25.9 Å². The molecular weight excluding hydrogens is 302 g/mol. The fourth-order valence-corrected chi connectivity index (χ4v) is 3.03. The van der Waals surface area contributed by atoms with Crippen LogP contribution in [-0.4, -0.2) is 9.97 Å². The summed E-state index contributed by atoms with van der Waals surface area (Å²) in [5.74, 6) is 2.47. The number of nitrogen functional groups attached to an aromatic ring is 1. The molecule has 0 radical (unpaired) electrons. The number of thiophene rings is 1. The van der Waals surface area contributed by atoms with Gasteiger partial charge in [0.25, 0.3) is 0 Å². The van der Waals surface area contributed by atoms with E-state index in [1.54, 1.807) is 0 Å². The van der Waals surface area contributed by atoms with Gasteiger partial charge < -0.3 is 10.2 Å². The Hall–Kier alpha value is -1.40. The molecule has 0 aliphatic carbocycles. The van der Waals surface area contributed by atoms with Gasteiger partial charge in [-0.05, 0) is 41.1 Å². The summed E-state index contributed by atoms with van der Waals surface area (Å²) >= 11 is 4.94. The number of hydrogen-bond donors (Lipinski definition) is 1. The Kier molecular flexibility index (Phi) is 2.41. The van der Waals surface area contributed by atoms with Gasteiger partial charge in [-0.25, -0.2) is 9.97 Å². The summed E-state index contributed by atoms with van der Waals surface area (Å²) in [4.78, 5) is 9.56. The lowest BCUT2D eigenvalue weighted by Crippen LogP contribution is -1.95. The highest BCUT2D eigenvalue weighted by molar-refractivity contribution is 9.11. The molecule has 0 fully saturated rings. The molecule has 0 atom stereocenters. The minimum Gasteiger partial charge on any atom is -0.458 e. The van der Waals surface area contributed by atoms with Gasteiger partial charge in [0.2, 0.25) is 0 Å². The molecule has 3 aromatic heterocycles. The summed E-state index contributed by atoms with van der Waals surface area (Å²) in [5.41, 5.74) is 5.91. The fourth-order valence-electron chi connectivity index (χ4n) is 1.58. The van der Waals surface area contributed by atoms with Crippen LogP contribution < -0.4 is 5.73 Å². The molecule has 3 aromatic rings. The quantitative estimate of drug-likeness (QED) is 0.746. The Labute approximate surface area is 110 Å². The third kappa shape index (κ3) is 1.83. The molecule has 86 valence electrons. The second kappa shape index (κ2) is 3.82. The molecule has 0 saturated carbocycles. The second-order valence-corrected chi connectivity index (χ2v) is 6.02. The molecule has 0 unspecified atom stereocenters. The van der Waals surface area contributed by atoms with E-state index in [0.29, 0.717) is 17.4 Å². The first kappa shape index (κ1) is 10.7. The monoisotopic (exact) mass is 309 g/mol. The van der Waals surface area contributed by atoms with Gasteiger partial charge >= 0.3 is 0 Å². The van der Waals surface area contributed by atoms with Gasteiger partial charge in [0.05, 0.1) is 9.17 Å². The highest BCUT2D eigenvalue weighted by Crippen LogP contribution is 2.32. The van der Waals surface area contributed by atoms with Gasteiger partial charge in [-0.1, -0.05) is 0 Å². The standard InChI is InChI=1S/C11H8BrN3OS/c1-5-2-3-7(16-5)10-14-9(13)6-4-8(12)17-11(6)15-10/h2-4H,1H3,(H2,13,14,15). The maximum Gasteiger partial charge on any atom is 0.199 e. The first-order valence-electron chi connectivity index (χ1n) is 4.93. The largest absolute Gasteiger partial charge is 0.458 e. The van der Waals surface area contributed by atoms with E-state index in [-0.39, 0.29) is 0 Å². The molecule has 4 nitrogen and oxygen atoms in total. The van der Waals surface area contributed by atoms with Crippen LogP contribution in [-0.2, 0) is 0 Å². The Bertz CT molecular complexity index is 704. The third-order valence-corrected chi connectivity index (χ3v) is 3.88. The van der Waals surface area contributed by atoms with Gasteiger partial charge in [-0.15, -0.1) is 11.3 Å². The number of nitrogens with two attached hydrogens (primary N) is 1. The van der Waals surface area contributed by atoms with E-state index < -0.39 is 0 Å². The smallest absolute Gasteiger partial charge is 0.199 e. The predicted octanol–water partition coefficient (Wildman–Crippen LogP) is 3.60. The number of fused-ring (bicyclic) bond motifs is 1. The zero-order valence-corrected chi connectivity index (χ0v) is 11.3. The number of aromatic nitrogens is 2. The van der Waals surface area contributed by atoms with Crippen LogP contribution >= 0.6 is 27.3 Å². The molecule has 6 heteroatoms. The number of nitrogens with zero attached hydrogens (tertiary/aromatic N) is 2. The minimum atomic E-state index is 0.473. The number of furan rings is 1. The van der Waals surface area contributed by atoms with Gasteiger partial charge in [-0.3, -0.25) is 0 Å². The zero-order chi connectivity index (χ0) is 12.0. The number of rotatable bonds is 1. The van der Waals surface area contributed by atoms with Crippen molar-refractivity contribution >= 4 is 43.3 Å². The van der Waals surface area contributed by atoms with Crippen molar-refractivity contribution in [2.24, 2.45) is 0 Å². The molecule has 0 saturated heterocycles. The summed E-state index contributed by atoms with van der Waals surface area (Å²) < 4.78 is 6.48. The van der Waals surface area contributed by atoms with E-state index in [9.17, 15) is 0 Å². The fraction of sp³-hybridized carbons (Fsp3) is 0.0909. The Balaban J connectivity index is 2.24.